The number of aliphatic carboxylic acids is 1. The van der Waals surface area contributed by atoms with Crippen LogP contribution >= 0.6 is 0 Å². The molecule has 2 saturated heterocycles. The summed E-state index contributed by atoms with van der Waals surface area (Å²) in [6.07, 6.45) is 2.86. The van der Waals surface area contributed by atoms with Crippen LogP contribution in [0.4, 0.5) is 0 Å². The summed E-state index contributed by atoms with van der Waals surface area (Å²) < 4.78 is 0. The average molecular weight is 254 g/mol. The number of hydrogen-bond acceptors (Lipinski definition) is 3. The SMILES string of the molecule is CC(C)CN1CCC(N2CC(CC(=O)O)C2)CC1. The van der Waals surface area contributed by atoms with E-state index in [-0.39, 0.29) is 0 Å². The molecule has 2 heterocycles. The summed E-state index contributed by atoms with van der Waals surface area (Å²) in [6.45, 7) is 10.2. The molecule has 0 aromatic rings. The van der Waals surface area contributed by atoms with E-state index in [4.69, 9.17) is 5.11 Å². The van der Waals surface area contributed by atoms with E-state index in [2.05, 4.69) is 23.6 Å². The zero-order valence-electron chi connectivity index (χ0n) is 11.6. The van der Waals surface area contributed by atoms with Gasteiger partial charge in [0, 0.05) is 25.7 Å². The van der Waals surface area contributed by atoms with Gasteiger partial charge in [-0.05, 0) is 37.8 Å². The Kier molecular flexibility index (Phi) is 4.62. The Hall–Kier alpha value is -0.610. The molecule has 0 unspecified atom stereocenters. The maximum absolute atomic E-state index is 10.6. The Bertz CT molecular complexity index is 280. The fourth-order valence-corrected chi connectivity index (χ4v) is 3.27. The first-order valence-electron chi connectivity index (χ1n) is 7.22. The highest BCUT2D eigenvalue weighted by atomic mass is 16.4. The van der Waals surface area contributed by atoms with E-state index in [1.54, 1.807) is 0 Å². The number of carboxylic acids is 1. The lowest BCUT2D eigenvalue weighted by Crippen LogP contribution is -2.55. The zero-order chi connectivity index (χ0) is 13.1. The molecule has 0 radical (unpaired) electrons. The maximum Gasteiger partial charge on any atom is 0.303 e. The van der Waals surface area contributed by atoms with Crippen LogP contribution in [0.15, 0.2) is 0 Å². The zero-order valence-corrected chi connectivity index (χ0v) is 11.6. The van der Waals surface area contributed by atoms with Gasteiger partial charge in [0.25, 0.3) is 0 Å². The Balaban J connectivity index is 1.64. The Morgan fingerprint density at radius 3 is 2.39 bits per heavy atom. The minimum absolute atomic E-state index is 0.350. The summed E-state index contributed by atoms with van der Waals surface area (Å²) in [5.41, 5.74) is 0. The normalized spacial score (nSPS) is 24.4. The van der Waals surface area contributed by atoms with Crippen LogP contribution in [-0.4, -0.2) is 59.6 Å². The number of rotatable bonds is 5. The van der Waals surface area contributed by atoms with Crippen molar-refractivity contribution in [3.63, 3.8) is 0 Å². The van der Waals surface area contributed by atoms with Crippen LogP contribution in [0.5, 0.6) is 0 Å². The highest BCUT2D eigenvalue weighted by Gasteiger charge is 2.34. The van der Waals surface area contributed by atoms with Crippen molar-refractivity contribution in [2.45, 2.75) is 39.2 Å². The van der Waals surface area contributed by atoms with Gasteiger partial charge < -0.3 is 10.0 Å². The fraction of sp³-hybridized carbons (Fsp3) is 0.929. The van der Waals surface area contributed by atoms with Crippen LogP contribution < -0.4 is 0 Å². The summed E-state index contributed by atoms with van der Waals surface area (Å²) in [6, 6.07) is 0.707. The van der Waals surface area contributed by atoms with Crippen molar-refractivity contribution in [3.05, 3.63) is 0 Å². The third kappa shape index (κ3) is 3.69. The molecule has 4 heteroatoms. The molecule has 0 atom stereocenters. The summed E-state index contributed by atoms with van der Waals surface area (Å²) >= 11 is 0. The molecule has 104 valence electrons. The third-order valence-corrected chi connectivity index (χ3v) is 4.15. The highest BCUT2D eigenvalue weighted by molar-refractivity contribution is 5.67. The molecular formula is C14H26N2O2. The van der Waals surface area contributed by atoms with E-state index in [1.165, 1.54) is 32.5 Å². The Morgan fingerprint density at radius 2 is 1.89 bits per heavy atom. The second-order valence-corrected chi connectivity index (χ2v) is 6.34. The van der Waals surface area contributed by atoms with Crippen LogP contribution in [0, 0.1) is 11.8 Å². The maximum atomic E-state index is 10.6. The van der Waals surface area contributed by atoms with Crippen molar-refractivity contribution in [2.24, 2.45) is 11.8 Å². The van der Waals surface area contributed by atoms with E-state index in [9.17, 15) is 4.79 Å². The second kappa shape index (κ2) is 6.02. The van der Waals surface area contributed by atoms with Gasteiger partial charge in [-0.1, -0.05) is 13.8 Å². The molecule has 0 saturated carbocycles. The Labute approximate surface area is 110 Å². The molecule has 0 aromatic heterocycles. The molecule has 4 nitrogen and oxygen atoms in total. The molecule has 0 aliphatic carbocycles. The summed E-state index contributed by atoms with van der Waals surface area (Å²) in [4.78, 5) is 15.7. The largest absolute Gasteiger partial charge is 0.481 e. The summed E-state index contributed by atoms with van der Waals surface area (Å²) in [7, 11) is 0. The number of carbonyl (C=O) groups is 1. The standard InChI is InChI=1S/C14H26N2O2/c1-11(2)8-15-5-3-13(4-6-15)16-9-12(10-16)7-14(17)18/h11-13H,3-10H2,1-2H3,(H,17,18). The van der Waals surface area contributed by atoms with Crippen molar-refractivity contribution >= 4 is 5.97 Å². The topological polar surface area (TPSA) is 43.8 Å². The molecule has 1 N–H and O–H groups in total. The minimum atomic E-state index is -0.647. The van der Waals surface area contributed by atoms with E-state index in [1.807, 2.05) is 0 Å². The molecule has 0 aromatic carbocycles. The monoisotopic (exact) mass is 254 g/mol. The molecule has 18 heavy (non-hydrogen) atoms. The molecule has 2 rings (SSSR count). The van der Waals surface area contributed by atoms with Gasteiger partial charge in [-0.25, -0.2) is 0 Å². The molecule has 0 bridgehead atoms. The van der Waals surface area contributed by atoms with Crippen molar-refractivity contribution in [2.75, 3.05) is 32.7 Å². The third-order valence-electron chi connectivity index (χ3n) is 4.15. The summed E-state index contributed by atoms with van der Waals surface area (Å²) in [5.74, 6) is 0.508. The van der Waals surface area contributed by atoms with Gasteiger partial charge in [0.15, 0.2) is 0 Å². The van der Waals surface area contributed by atoms with Gasteiger partial charge in [0.1, 0.15) is 0 Å². The van der Waals surface area contributed by atoms with Crippen LogP contribution in [0.1, 0.15) is 33.1 Å². The predicted molar refractivity (Wildman–Crippen MR) is 71.6 cm³/mol. The minimum Gasteiger partial charge on any atom is -0.481 e. The lowest BCUT2D eigenvalue weighted by Gasteiger charge is -2.47. The smallest absolute Gasteiger partial charge is 0.303 e. The van der Waals surface area contributed by atoms with Crippen molar-refractivity contribution in [1.82, 2.24) is 9.80 Å². The van der Waals surface area contributed by atoms with E-state index in [0.29, 0.717) is 18.4 Å². The fourth-order valence-electron chi connectivity index (χ4n) is 3.27. The van der Waals surface area contributed by atoms with Gasteiger partial charge in [0.2, 0.25) is 0 Å². The number of likely N-dealkylation sites (tertiary alicyclic amines) is 2. The van der Waals surface area contributed by atoms with Crippen molar-refractivity contribution in [3.8, 4) is 0 Å². The van der Waals surface area contributed by atoms with Gasteiger partial charge >= 0.3 is 5.97 Å². The molecule has 2 aliphatic rings. The lowest BCUT2D eigenvalue weighted by atomic mass is 9.91. The predicted octanol–water partition coefficient (Wildman–Crippen LogP) is 1.51. The van der Waals surface area contributed by atoms with Crippen LogP contribution in [0.25, 0.3) is 0 Å². The molecule has 2 fully saturated rings. The quantitative estimate of drug-likeness (QED) is 0.808. The number of carboxylic acid groups (broad SMARTS) is 1. The first kappa shape index (κ1) is 13.8. The van der Waals surface area contributed by atoms with Gasteiger partial charge in [-0.2, -0.15) is 0 Å². The summed E-state index contributed by atoms with van der Waals surface area (Å²) in [5, 5.41) is 8.74. The van der Waals surface area contributed by atoms with E-state index in [0.717, 1.165) is 19.0 Å². The van der Waals surface area contributed by atoms with E-state index >= 15 is 0 Å². The lowest BCUT2D eigenvalue weighted by molar-refractivity contribution is -0.140. The molecular weight excluding hydrogens is 228 g/mol. The Morgan fingerprint density at radius 1 is 1.28 bits per heavy atom. The number of piperidine rings is 1. The second-order valence-electron chi connectivity index (χ2n) is 6.34. The van der Waals surface area contributed by atoms with Crippen molar-refractivity contribution < 1.29 is 9.90 Å². The van der Waals surface area contributed by atoms with Crippen molar-refractivity contribution in [1.29, 1.82) is 0 Å². The first-order valence-corrected chi connectivity index (χ1v) is 7.22. The molecule has 0 spiro atoms. The van der Waals surface area contributed by atoms with Gasteiger partial charge in [0.05, 0.1) is 6.42 Å². The van der Waals surface area contributed by atoms with Crippen LogP contribution in [-0.2, 0) is 4.79 Å². The highest BCUT2D eigenvalue weighted by Crippen LogP contribution is 2.27. The van der Waals surface area contributed by atoms with Gasteiger partial charge in [-0.3, -0.25) is 9.69 Å². The number of hydrogen-bond donors (Lipinski definition) is 1. The first-order chi connectivity index (χ1) is 8.54. The van der Waals surface area contributed by atoms with E-state index < -0.39 is 5.97 Å². The molecule has 0 amide bonds. The van der Waals surface area contributed by atoms with Gasteiger partial charge in [-0.15, -0.1) is 0 Å². The molecule has 2 aliphatic heterocycles. The van der Waals surface area contributed by atoms with Crippen LogP contribution in [0.2, 0.25) is 0 Å². The number of nitrogens with zero attached hydrogens (tertiary/aromatic N) is 2. The van der Waals surface area contributed by atoms with Crippen LogP contribution in [0.3, 0.4) is 0 Å². The average Bonchev–Trinajstić information content (AvgIpc) is 2.23.